The predicted molar refractivity (Wildman–Crippen MR) is 117 cm³/mol. The van der Waals surface area contributed by atoms with Crippen molar-refractivity contribution in [3.63, 3.8) is 0 Å². The normalized spacial score (nSPS) is 21.7. The predicted octanol–water partition coefficient (Wildman–Crippen LogP) is 4.41. The van der Waals surface area contributed by atoms with E-state index in [1.54, 1.807) is 6.07 Å². The minimum Gasteiger partial charge on any atom is -0.366 e. The molecule has 2 heterocycles. The number of nitrogens with zero attached hydrogens (tertiary/aromatic N) is 3. The van der Waals surface area contributed by atoms with Crippen molar-refractivity contribution in [1.82, 2.24) is 9.97 Å². The van der Waals surface area contributed by atoms with Gasteiger partial charge < -0.3 is 16.0 Å². The number of benzene rings is 1. The third-order valence-electron chi connectivity index (χ3n) is 6.41. The molecule has 1 fully saturated rings. The second-order valence-corrected chi connectivity index (χ2v) is 8.99. The van der Waals surface area contributed by atoms with Crippen LogP contribution in [-0.4, -0.2) is 28.5 Å². The molecule has 2 aromatic rings. The lowest BCUT2D eigenvalue weighted by Gasteiger charge is -2.39. The van der Waals surface area contributed by atoms with E-state index in [1.165, 1.54) is 24.8 Å². The highest BCUT2D eigenvalue weighted by Crippen LogP contribution is 2.38. The number of carbonyl (C=O) groups is 1. The van der Waals surface area contributed by atoms with Gasteiger partial charge in [-0.05, 0) is 42.4 Å². The molecule has 0 radical (unpaired) electrons. The highest BCUT2D eigenvalue weighted by Gasteiger charge is 2.33. The highest BCUT2D eigenvalue weighted by molar-refractivity contribution is 6.02. The summed E-state index contributed by atoms with van der Waals surface area (Å²) in [5.41, 5.74) is 1.88. The van der Waals surface area contributed by atoms with Gasteiger partial charge in [0.15, 0.2) is 0 Å². The van der Waals surface area contributed by atoms with Crippen LogP contribution in [0.2, 0.25) is 0 Å². The fraction of sp³-hybridized carbons (Fsp3) is 0.478. The Balaban J connectivity index is 1.42. The average molecular weight is 423 g/mol. The number of nitriles is 1. The van der Waals surface area contributed by atoms with Gasteiger partial charge in [-0.15, -0.1) is 0 Å². The molecule has 1 aromatic heterocycles. The number of nitrogens with one attached hydrogen (secondary N) is 3. The minimum absolute atomic E-state index is 0.131. The van der Waals surface area contributed by atoms with Gasteiger partial charge in [0, 0.05) is 18.3 Å². The Morgan fingerprint density at radius 3 is 2.97 bits per heavy atom. The molecule has 162 valence electrons. The van der Waals surface area contributed by atoms with Gasteiger partial charge >= 0.3 is 0 Å². The Morgan fingerprint density at radius 1 is 1.35 bits per heavy atom. The Labute approximate surface area is 181 Å². The Hall–Kier alpha value is -3.21. The minimum atomic E-state index is -0.370. The summed E-state index contributed by atoms with van der Waals surface area (Å²) in [5, 5.41) is 18.8. The van der Waals surface area contributed by atoms with Crippen LogP contribution < -0.4 is 16.0 Å². The third-order valence-corrected chi connectivity index (χ3v) is 6.41. The van der Waals surface area contributed by atoms with E-state index in [0.29, 0.717) is 36.0 Å². The van der Waals surface area contributed by atoms with E-state index in [2.05, 4.69) is 45.8 Å². The SMILES string of the molecule is CC1(C)CCCCC1Nc1nc(NCCC2C(=O)Nc3cc(F)ccc32)ncc1C#N. The van der Waals surface area contributed by atoms with Crippen molar-refractivity contribution < 1.29 is 9.18 Å². The summed E-state index contributed by atoms with van der Waals surface area (Å²) in [5.74, 6) is 0.101. The van der Waals surface area contributed by atoms with E-state index in [4.69, 9.17) is 0 Å². The summed E-state index contributed by atoms with van der Waals surface area (Å²) in [6.07, 6.45) is 6.60. The molecule has 1 saturated carbocycles. The number of hydrogen-bond acceptors (Lipinski definition) is 6. The lowest BCUT2D eigenvalue weighted by atomic mass is 9.73. The largest absolute Gasteiger partial charge is 0.366 e. The summed E-state index contributed by atoms with van der Waals surface area (Å²) >= 11 is 0. The van der Waals surface area contributed by atoms with E-state index >= 15 is 0 Å². The fourth-order valence-electron chi connectivity index (χ4n) is 4.50. The lowest BCUT2D eigenvalue weighted by Crippen LogP contribution is -2.39. The molecule has 31 heavy (non-hydrogen) atoms. The van der Waals surface area contributed by atoms with Crippen LogP contribution in [-0.2, 0) is 4.79 Å². The molecular weight excluding hydrogens is 395 g/mol. The van der Waals surface area contributed by atoms with Gasteiger partial charge in [0.05, 0.1) is 12.1 Å². The molecule has 8 heteroatoms. The molecule has 1 aromatic carbocycles. The molecule has 2 aliphatic rings. The van der Waals surface area contributed by atoms with Crippen molar-refractivity contribution in [3.8, 4) is 6.07 Å². The summed E-state index contributed by atoms with van der Waals surface area (Å²) < 4.78 is 13.4. The molecule has 4 rings (SSSR count). The molecular formula is C23H27FN6O. The monoisotopic (exact) mass is 422 g/mol. The molecule has 2 atom stereocenters. The quantitative estimate of drug-likeness (QED) is 0.637. The van der Waals surface area contributed by atoms with Gasteiger partial charge in [-0.1, -0.05) is 32.8 Å². The number of amides is 1. The second kappa shape index (κ2) is 8.50. The molecule has 3 N–H and O–H groups in total. The average Bonchev–Trinajstić information content (AvgIpc) is 3.04. The Morgan fingerprint density at radius 2 is 2.19 bits per heavy atom. The topological polar surface area (TPSA) is 103 Å². The first-order valence-corrected chi connectivity index (χ1v) is 10.8. The maximum absolute atomic E-state index is 13.4. The van der Waals surface area contributed by atoms with Crippen molar-refractivity contribution >= 4 is 23.4 Å². The van der Waals surface area contributed by atoms with Crippen molar-refractivity contribution in [3.05, 3.63) is 41.3 Å². The van der Waals surface area contributed by atoms with Gasteiger partial charge in [0.1, 0.15) is 23.3 Å². The van der Waals surface area contributed by atoms with Crippen LogP contribution >= 0.6 is 0 Å². The van der Waals surface area contributed by atoms with E-state index in [1.807, 2.05) is 0 Å². The van der Waals surface area contributed by atoms with Crippen molar-refractivity contribution in [2.24, 2.45) is 5.41 Å². The fourth-order valence-corrected chi connectivity index (χ4v) is 4.50. The van der Waals surface area contributed by atoms with Crippen molar-refractivity contribution in [2.45, 2.75) is 57.9 Å². The van der Waals surface area contributed by atoms with Crippen LogP contribution in [0.25, 0.3) is 0 Å². The van der Waals surface area contributed by atoms with Gasteiger partial charge in [-0.3, -0.25) is 4.79 Å². The summed E-state index contributed by atoms with van der Waals surface area (Å²) in [7, 11) is 0. The molecule has 1 aliphatic carbocycles. The summed E-state index contributed by atoms with van der Waals surface area (Å²) in [6.45, 7) is 4.95. The first kappa shape index (κ1) is 21.0. The Bertz CT molecular complexity index is 1030. The number of carbonyl (C=O) groups excluding carboxylic acids is 1. The second-order valence-electron chi connectivity index (χ2n) is 8.99. The van der Waals surface area contributed by atoms with E-state index in [9.17, 15) is 14.4 Å². The maximum atomic E-state index is 13.4. The highest BCUT2D eigenvalue weighted by atomic mass is 19.1. The number of aromatic nitrogens is 2. The van der Waals surface area contributed by atoms with Gasteiger partial charge in [-0.25, -0.2) is 9.37 Å². The van der Waals surface area contributed by atoms with Crippen LogP contribution in [0.4, 0.5) is 21.8 Å². The van der Waals surface area contributed by atoms with Gasteiger partial charge in [0.2, 0.25) is 11.9 Å². The molecule has 0 spiro atoms. The van der Waals surface area contributed by atoms with E-state index in [0.717, 1.165) is 24.8 Å². The van der Waals surface area contributed by atoms with Crippen molar-refractivity contribution in [1.29, 1.82) is 5.26 Å². The Kier molecular flexibility index (Phi) is 5.77. The number of rotatable bonds is 6. The zero-order valence-electron chi connectivity index (χ0n) is 17.8. The number of hydrogen-bond donors (Lipinski definition) is 3. The zero-order chi connectivity index (χ0) is 22.0. The lowest BCUT2D eigenvalue weighted by molar-refractivity contribution is -0.117. The molecule has 2 unspecified atom stereocenters. The molecule has 1 aliphatic heterocycles. The van der Waals surface area contributed by atoms with Crippen LogP contribution in [0.5, 0.6) is 0 Å². The summed E-state index contributed by atoms with van der Waals surface area (Å²) in [4.78, 5) is 21.0. The van der Waals surface area contributed by atoms with Crippen LogP contribution in [0.1, 0.15) is 63.0 Å². The van der Waals surface area contributed by atoms with Crippen LogP contribution in [0, 0.1) is 22.6 Å². The van der Waals surface area contributed by atoms with Gasteiger partial charge in [0.25, 0.3) is 0 Å². The van der Waals surface area contributed by atoms with Crippen molar-refractivity contribution in [2.75, 3.05) is 22.5 Å². The van der Waals surface area contributed by atoms with Gasteiger partial charge in [-0.2, -0.15) is 10.2 Å². The number of fused-ring (bicyclic) bond motifs is 1. The first-order valence-electron chi connectivity index (χ1n) is 10.8. The number of halogens is 1. The van der Waals surface area contributed by atoms with E-state index < -0.39 is 0 Å². The molecule has 0 bridgehead atoms. The van der Waals surface area contributed by atoms with Crippen LogP contribution in [0.15, 0.2) is 24.4 Å². The molecule has 1 amide bonds. The molecule has 7 nitrogen and oxygen atoms in total. The standard InChI is InChI=1S/C23H27FN6O/c1-23(2)9-4-3-5-19(23)29-20-14(12-25)13-27-22(30-20)26-10-8-17-16-7-6-15(24)11-18(16)28-21(17)31/h6-7,11,13,17,19H,3-5,8-10H2,1-2H3,(H,28,31)(H2,26,27,29,30). The zero-order valence-corrected chi connectivity index (χ0v) is 17.8. The maximum Gasteiger partial charge on any atom is 0.232 e. The summed E-state index contributed by atoms with van der Waals surface area (Å²) in [6, 6.07) is 6.77. The van der Waals surface area contributed by atoms with Crippen LogP contribution in [0.3, 0.4) is 0 Å². The number of anilines is 3. The third kappa shape index (κ3) is 4.46. The first-order chi connectivity index (χ1) is 14.9. The van der Waals surface area contributed by atoms with E-state index in [-0.39, 0.29) is 29.1 Å². The smallest absolute Gasteiger partial charge is 0.232 e. The molecule has 0 saturated heterocycles.